The first-order valence-electron chi connectivity index (χ1n) is 7.46. The second kappa shape index (κ2) is 6.56. The topological polar surface area (TPSA) is 89.8 Å². The van der Waals surface area contributed by atoms with Crippen LogP contribution in [0.2, 0.25) is 0 Å². The Balaban J connectivity index is 1.92. The van der Waals surface area contributed by atoms with Crippen molar-refractivity contribution in [3.05, 3.63) is 75.3 Å². The average molecular weight is 338 g/mol. The standard InChI is InChI=1S/C18H14N2O5/c1-25-18(22)14-6-9-16-13(11-14)3-2-10-19(16)17(21)12-4-7-15(8-5-12)20(23)24/h2-9,11H,10H2,1H3. The molecule has 1 aliphatic rings. The van der Waals surface area contributed by atoms with E-state index >= 15 is 0 Å². The van der Waals surface area contributed by atoms with Gasteiger partial charge in [0, 0.05) is 24.2 Å². The number of nitro benzene ring substituents is 1. The van der Waals surface area contributed by atoms with Crippen LogP contribution in [0.25, 0.3) is 6.08 Å². The lowest BCUT2D eigenvalue weighted by molar-refractivity contribution is -0.384. The van der Waals surface area contributed by atoms with E-state index in [0.29, 0.717) is 23.4 Å². The molecule has 126 valence electrons. The summed E-state index contributed by atoms with van der Waals surface area (Å²) in [4.78, 5) is 36.2. The highest BCUT2D eigenvalue weighted by molar-refractivity contribution is 6.08. The summed E-state index contributed by atoms with van der Waals surface area (Å²) in [5.74, 6) is -0.721. The number of ether oxygens (including phenoxy) is 1. The Morgan fingerprint density at radius 3 is 2.44 bits per heavy atom. The smallest absolute Gasteiger partial charge is 0.337 e. The molecule has 25 heavy (non-hydrogen) atoms. The number of nitrogens with zero attached hydrogens (tertiary/aromatic N) is 2. The van der Waals surface area contributed by atoms with Gasteiger partial charge in [-0.1, -0.05) is 12.2 Å². The summed E-state index contributed by atoms with van der Waals surface area (Å²) in [5.41, 5.74) is 2.07. The van der Waals surface area contributed by atoms with Crippen molar-refractivity contribution in [2.24, 2.45) is 0 Å². The molecule has 0 saturated carbocycles. The number of hydrogen-bond acceptors (Lipinski definition) is 5. The molecule has 0 radical (unpaired) electrons. The van der Waals surface area contributed by atoms with Crippen LogP contribution in [0, 0.1) is 10.1 Å². The van der Waals surface area contributed by atoms with E-state index in [0.717, 1.165) is 5.56 Å². The van der Waals surface area contributed by atoms with E-state index in [-0.39, 0.29) is 11.6 Å². The molecular weight excluding hydrogens is 324 g/mol. The zero-order valence-corrected chi connectivity index (χ0v) is 13.3. The molecule has 0 aromatic heterocycles. The molecular formula is C18H14N2O5. The Morgan fingerprint density at radius 1 is 1.12 bits per heavy atom. The fraction of sp³-hybridized carbons (Fsp3) is 0.111. The average Bonchev–Trinajstić information content (AvgIpc) is 2.65. The van der Waals surface area contributed by atoms with Crippen molar-refractivity contribution in [1.82, 2.24) is 0 Å². The molecule has 0 aliphatic carbocycles. The highest BCUT2D eigenvalue weighted by Gasteiger charge is 2.22. The summed E-state index contributed by atoms with van der Waals surface area (Å²) >= 11 is 0. The van der Waals surface area contributed by atoms with Crippen molar-refractivity contribution >= 4 is 29.3 Å². The number of benzene rings is 2. The molecule has 3 rings (SSSR count). The van der Waals surface area contributed by atoms with Crippen LogP contribution in [-0.2, 0) is 4.74 Å². The first kappa shape index (κ1) is 16.4. The van der Waals surface area contributed by atoms with Crippen LogP contribution in [0.1, 0.15) is 26.3 Å². The van der Waals surface area contributed by atoms with Crippen molar-refractivity contribution in [3.8, 4) is 0 Å². The normalized spacial score (nSPS) is 12.4. The molecule has 0 saturated heterocycles. The zero-order valence-electron chi connectivity index (χ0n) is 13.3. The van der Waals surface area contributed by atoms with Crippen LogP contribution in [0.3, 0.4) is 0 Å². The van der Waals surface area contributed by atoms with Gasteiger partial charge >= 0.3 is 5.97 Å². The Hall–Kier alpha value is -3.48. The van der Waals surface area contributed by atoms with Gasteiger partial charge in [0.25, 0.3) is 11.6 Å². The fourth-order valence-electron chi connectivity index (χ4n) is 2.64. The number of carbonyl (C=O) groups excluding carboxylic acids is 2. The molecule has 0 unspecified atom stereocenters. The highest BCUT2D eigenvalue weighted by Crippen LogP contribution is 2.29. The molecule has 7 nitrogen and oxygen atoms in total. The largest absolute Gasteiger partial charge is 0.465 e. The maximum Gasteiger partial charge on any atom is 0.337 e. The SMILES string of the molecule is COC(=O)c1ccc2c(c1)C=CCN2C(=O)c1ccc([N+](=O)[O-])cc1. The minimum atomic E-state index is -0.512. The zero-order chi connectivity index (χ0) is 18.0. The first-order chi connectivity index (χ1) is 12.0. The second-order valence-electron chi connectivity index (χ2n) is 5.39. The monoisotopic (exact) mass is 338 g/mol. The Morgan fingerprint density at radius 2 is 1.80 bits per heavy atom. The number of fused-ring (bicyclic) bond motifs is 1. The number of anilines is 1. The van der Waals surface area contributed by atoms with E-state index < -0.39 is 10.9 Å². The van der Waals surface area contributed by atoms with E-state index in [1.807, 2.05) is 12.2 Å². The number of rotatable bonds is 3. The predicted octanol–water partition coefficient (Wildman–Crippen LogP) is 3.06. The molecule has 7 heteroatoms. The molecule has 0 fully saturated rings. The fourth-order valence-corrected chi connectivity index (χ4v) is 2.64. The van der Waals surface area contributed by atoms with Crippen molar-refractivity contribution in [1.29, 1.82) is 0 Å². The van der Waals surface area contributed by atoms with Gasteiger partial charge in [0.1, 0.15) is 0 Å². The molecule has 0 N–H and O–H groups in total. The summed E-state index contributed by atoms with van der Waals surface area (Å²) in [6.07, 6.45) is 3.65. The first-order valence-corrected chi connectivity index (χ1v) is 7.46. The molecule has 2 aromatic carbocycles. The van der Waals surface area contributed by atoms with Crippen LogP contribution in [-0.4, -0.2) is 30.5 Å². The third-order valence-corrected chi connectivity index (χ3v) is 3.90. The van der Waals surface area contributed by atoms with Gasteiger partial charge in [0.2, 0.25) is 0 Å². The minimum Gasteiger partial charge on any atom is -0.465 e. The van der Waals surface area contributed by atoms with Gasteiger partial charge in [-0.2, -0.15) is 0 Å². The summed E-state index contributed by atoms with van der Waals surface area (Å²) in [7, 11) is 1.31. The second-order valence-corrected chi connectivity index (χ2v) is 5.39. The summed E-state index contributed by atoms with van der Waals surface area (Å²) in [5, 5.41) is 10.7. The molecule has 1 aliphatic heterocycles. The maximum absolute atomic E-state index is 12.7. The van der Waals surface area contributed by atoms with Gasteiger partial charge in [0.05, 0.1) is 23.3 Å². The van der Waals surface area contributed by atoms with E-state index in [1.54, 1.807) is 23.1 Å². The van der Waals surface area contributed by atoms with E-state index in [2.05, 4.69) is 0 Å². The predicted molar refractivity (Wildman–Crippen MR) is 91.6 cm³/mol. The molecule has 1 heterocycles. The van der Waals surface area contributed by atoms with E-state index in [1.165, 1.54) is 31.4 Å². The molecule has 0 atom stereocenters. The van der Waals surface area contributed by atoms with E-state index in [9.17, 15) is 19.7 Å². The summed E-state index contributed by atoms with van der Waals surface area (Å²) in [6, 6.07) is 10.4. The molecule has 0 spiro atoms. The third-order valence-electron chi connectivity index (χ3n) is 3.90. The molecule has 1 amide bonds. The maximum atomic E-state index is 12.7. The third kappa shape index (κ3) is 3.12. The van der Waals surface area contributed by atoms with Crippen molar-refractivity contribution in [3.63, 3.8) is 0 Å². The molecule has 0 bridgehead atoms. The summed E-state index contributed by atoms with van der Waals surface area (Å²) < 4.78 is 4.70. The number of carbonyl (C=O) groups is 2. The van der Waals surface area contributed by atoms with Gasteiger partial charge in [-0.25, -0.2) is 4.79 Å². The lowest BCUT2D eigenvalue weighted by atomic mass is 10.0. The minimum absolute atomic E-state index is 0.0711. The lowest BCUT2D eigenvalue weighted by Crippen LogP contribution is -2.33. The number of nitro groups is 1. The van der Waals surface area contributed by atoms with Gasteiger partial charge in [0.15, 0.2) is 0 Å². The number of amides is 1. The quantitative estimate of drug-likeness (QED) is 0.487. The van der Waals surface area contributed by atoms with Crippen LogP contribution >= 0.6 is 0 Å². The Kier molecular flexibility index (Phi) is 4.30. The number of non-ortho nitro benzene ring substituents is 1. The van der Waals surface area contributed by atoms with Crippen molar-refractivity contribution < 1.29 is 19.2 Å². The van der Waals surface area contributed by atoms with Gasteiger partial charge < -0.3 is 9.64 Å². The van der Waals surface area contributed by atoms with Gasteiger partial charge in [-0.15, -0.1) is 0 Å². The van der Waals surface area contributed by atoms with Crippen LogP contribution in [0.15, 0.2) is 48.5 Å². The van der Waals surface area contributed by atoms with Crippen LogP contribution in [0.4, 0.5) is 11.4 Å². The van der Waals surface area contributed by atoms with Gasteiger partial charge in [-0.05, 0) is 35.9 Å². The van der Waals surface area contributed by atoms with Crippen LogP contribution in [0.5, 0.6) is 0 Å². The number of esters is 1. The van der Waals surface area contributed by atoms with Crippen molar-refractivity contribution in [2.45, 2.75) is 0 Å². The molecule has 2 aromatic rings. The Bertz CT molecular complexity index is 887. The number of methoxy groups -OCH3 is 1. The number of hydrogen-bond donors (Lipinski definition) is 0. The van der Waals surface area contributed by atoms with E-state index in [4.69, 9.17) is 4.74 Å². The van der Waals surface area contributed by atoms with Crippen molar-refractivity contribution in [2.75, 3.05) is 18.6 Å². The van der Waals surface area contributed by atoms with Crippen LogP contribution < -0.4 is 4.90 Å². The lowest BCUT2D eigenvalue weighted by Gasteiger charge is -2.26. The van der Waals surface area contributed by atoms with Gasteiger partial charge in [-0.3, -0.25) is 14.9 Å². The summed E-state index contributed by atoms with van der Waals surface area (Å²) in [6.45, 7) is 0.375. The highest BCUT2D eigenvalue weighted by atomic mass is 16.6. The Labute approximate surface area is 143 Å².